The lowest BCUT2D eigenvalue weighted by atomic mass is 9.77. The van der Waals surface area contributed by atoms with E-state index >= 15 is 0 Å². The predicted octanol–water partition coefficient (Wildman–Crippen LogP) is 3.45. The molecule has 22 heavy (non-hydrogen) atoms. The molecule has 3 aliphatic rings. The van der Waals surface area contributed by atoms with Crippen molar-refractivity contribution in [1.82, 2.24) is 4.90 Å². The number of rotatable bonds is 2. The van der Waals surface area contributed by atoms with Gasteiger partial charge in [-0.15, -0.1) is 0 Å². The molecule has 1 aromatic rings. The Morgan fingerprint density at radius 2 is 2.00 bits per heavy atom. The molecule has 0 aromatic heterocycles. The third-order valence-corrected chi connectivity index (χ3v) is 5.95. The summed E-state index contributed by atoms with van der Waals surface area (Å²) in [6.07, 6.45) is 8.92. The second-order valence-corrected chi connectivity index (χ2v) is 7.56. The molecule has 118 valence electrons. The zero-order chi connectivity index (χ0) is 15.0. The van der Waals surface area contributed by atoms with Crippen LogP contribution in [0, 0.1) is 11.3 Å². The standard InChI is InChI=1S/C19H26N2O/c22-18-19(12-16-8-4-5-9-17(16)20-18)10-11-21(14-19)13-15-6-2-1-3-7-15/h4-5,8-9,15H,1-3,6-7,10-14H2,(H,20,22). The van der Waals surface area contributed by atoms with Crippen LogP contribution in [0.5, 0.6) is 0 Å². The smallest absolute Gasteiger partial charge is 0.232 e. The third kappa shape index (κ3) is 2.56. The summed E-state index contributed by atoms with van der Waals surface area (Å²) in [7, 11) is 0. The Hall–Kier alpha value is -1.35. The molecule has 1 unspecified atom stereocenters. The Morgan fingerprint density at radius 3 is 2.86 bits per heavy atom. The van der Waals surface area contributed by atoms with Gasteiger partial charge < -0.3 is 10.2 Å². The van der Waals surface area contributed by atoms with Gasteiger partial charge in [0.05, 0.1) is 5.41 Å². The van der Waals surface area contributed by atoms with Crippen molar-refractivity contribution in [1.29, 1.82) is 0 Å². The Kier molecular flexibility index (Phi) is 3.69. The SMILES string of the molecule is O=C1Nc2ccccc2CC12CCN(CC1CCCCC1)C2. The Bertz CT molecular complexity index is 564. The fraction of sp³-hybridized carbons (Fsp3) is 0.632. The number of carbonyl (C=O) groups is 1. The van der Waals surface area contributed by atoms with Gasteiger partial charge >= 0.3 is 0 Å². The normalized spacial score (nSPS) is 29.5. The summed E-state index contributed by atoms with van der Waals surface area (Å²) in [6.45, 7) is 3.24. The van der Waals surface area contributed by atoms with Gasteiger partial charge in [0, 0.05) is 18.8 Å². The Balaban J connectivity index is 1.46. The van der Waals surface area contributed by atoms with Crippen molar-refractivity contribution < 1.29 is 4.79 Å². The van der Waals surface area contributed by atoms with Crippen LogP contribution < -0.4 is 5.32 Å². The van der Waals surface area contributed by atoms with Crippen LogP contribution in [-0.2, 0) is 11.2 Å². The number of hydrogen-bond acceptors (Lipinski definition) is 2. The predicted molar refractivity (Wildman–Crippen MR) is 88.8 cm³/mol. The quantitative estimate of drug-likeness (QED) is 0.907. The maximum absolute atomic E-state index is 12.7. The van der Waals surface area contributed by atoms with Gasteiger partial charge in [-0.05, 0) is 49.8 Å². The largest absolute Gasteiger partial charge is 0.325 e. The number of anilines is 1. The first kappa shape index (κ1) is 14.3. The van der Waals surface area contributed by atoms with Crippen molar-refractivity contribution in [2.75, 3.05) is 25.0 Å². The molecule has 1 amide bonds. The molecule has 1 N–H and O–H groups in total. The van der Waals surface area contributed by atoms with Crippen LogP contribution in [0.2, 0.25) is 0 Å². The molecule has 1 aliphatic carbocycles. The monoisotopic (exact) mass is 298 g/mol. The molecular weight excluding hydrogens is 272 g/mol. The number of hydrogen-bond donors (Lipinski definition) is 1. The van der Waals surface area contributed by atoms with E-state index in [0.717, 1.165) is 37.5 Å². The number of para-hydroxylation sites is 1. The molecule has 0 bridgehead atoms. The van der Waals surface area contributed by atoms with Gasteiger partial charge in [0.15, 0.2) is 0 Å². The van der Waals surface area contributed by atoms with Crippen LogP contribution in [0.15, 0.2) is 24.3 Å². The maximum Gasteiger partial charge on any atom is 0.232 e. The average molecular weight is 298 g/mol. The van der Waals surface area contributed by atoms with Gasteiger partial charge in [-0.3, -0.25) is 4.79 Å². The number of benzene rings is 1. The molecule has 0 radical (unpaired) electrons. The highest BCUT2D eigenvalue weighted by Gasteiger charge is 2.47. The minimum atomic E-state index is -0.178. The van der Waals surface area contributed by atoms with E-state index in [9.17, 15) is 4.79 Å². The van der Waals surface area contributed by atoms with Gasteiger partial charge in [-0.2, -0.15) is 0 Å². The van der Waals surface area contributed by atoms with E-state index in [2.05, 4.69) is 22.3 Å². The first-order chi connectivity index (χ1) is 10.8. The first-order valence-electron chi connectivity index (χ1n) is 8.87. The van der Waals surface area contributed by atoms with E-state index in [1.54, 1.807) is 0 Å². The van der Waals surface area contributed by atoms with E-state index < -0.39 is 0 Å². The van der Waals surface area contributed by atoms with E-state index in [-0.39, 0.29) is 11.3 Å². The molecule has 1 saturated heterocycles. The third-order valence-electron chi connectivity index (χ3n) is 5.95. The summed E-state index contributed by atoms with van der Waals surface area (Å²) in [6, 6.07) is 8.27. The maximum atomic E-state index is 12.7. The van der Waals surface area contributed by atoms with E-state index in [1.807, 2.05) is 12.1 Å². The highest BCUT2D eigenvalue weighted by Crippen LogP contribution is 2.41. The number of nitrogens with zero attached hydrogens (tertiary/aromatic N) is 1. The highest BCUT2D eigenvalue weighted by molar-refractivity contribution is 5.98. The number of likely N-dealkylation sites (tertiary alicyclic amines) is 1. The molecule has 3 heteroatoms. The van der Waals surface area contributed by atoms with Gasteiger partial charge in [0.1, 0.15) is 0 Å². The molecule has 2 aliphatic heterocycles. The van der Waals surface area contributed by atoms with Crippen molar-refractivity contribution in [3.8, 4) is 0 Å². The second-order valence-electron chi connectivity index (χ2n) is 7.56. The summed E-state index contributed by atoms with van der Waals surface area (Å²) in [4.78, 5) is 15.2. The Labute approximate surface area is 133 Å². The average Bonchev–Trinajstić information content (AvgIpc) is 2.93. The number of fused-ring (bicyclic) bond motifs is 1. The molecule has 2 heterocycles. The van der Waals surface area contributed by atoms with E-state index in [0.29, 0.717) is 0 Å². The topological polar surface area (TPSA) is 32.3 Å². The summed E-state index contributed by atoms with van der Waals surface area (Å²) < 4.78 is 0. The summed E-state index contributed by atoms with van der Waals surface area (Å²) in [5.74, 6) is 1.11. The first-order valence-corrected chi connectivity index (χ1v) is 8.87. The zero-order valence-corrected chi connectivity index (χ0v) is 13.3. The van der Waals surface area contributed by atoms with Gasteiger partial charge in [0.2, 0.25) is 5.91 Å². The van der Waals surface area contributed by atoms with Crippen molar-refractivity contribution in [3.05, 3.63) is 29.8 Å². The number of nitrogens with one attached hydrogen (secondary N) is 1. The molecule has 1 aromatic carbocycles. The van der Waals surface area contributed by atoms with Crippen LogP contribution in [0.4, 0.5) is 5.69 Å². The molecular formula is C19H26N2O. The van der Waals surface area contributed by atoms with Gasteiger partial charge in [-0.25, -0.2) is 0 Å². The van der Waals surface area contributed by atoms with Crippen molar-refractivity contribution >= 4 is 11.6 Å². The van der Waals surface area contributed by atoms with Crippen LogP contribution in [0.3, 0.4) is 0 Å². The lowest BCUT2D eigenvalue weighted by Gasteiger charge is -2.34. The molecule has 1 atom stereocenters. The fourth-order valence-corrected chi connectivity index (χ4v) is 4.67. The van der Waals surface area contributed by atoms with E-state index in [1.165, 1.54) is 44.2 Å². The van der Waals surface area contributed by atoms with Crippen molar-refractivity contribution in [2.45, 2.75) is 44.9 Å². The van der Waals surface area contributed by atoms with Gasteiger partial charge in [-0.1, -0.05) is 37.5 Å². The lowest BCUT2D eigenvalue weighted by Crippen LogP contribution is -2.44. The fourth-order valence-electron chi connectivity index (χ4n) is 4.67. The summed E-state index contributed by atoms with van der Waals surface area (Å²) in [5.41, 5.74) is 2.15. The highest BCUT2D eigenvalue weighted by atomic mass is 16.2. The zero-order valence-electron chi connectivity index (χ0n) is 13.3. The van der Waals surface area contributed by atoms with Crippen LogP contribution >= 0.6 is 0 Å². The molecule has 1 saturated carbocycles. The van der Waals surface area contributed by atoms with E-state index in [4.69, 9.17) is 0 Å². The number of carbonyl (C=O) groups excluding carboxylic acids is 1. The van der Waals surface area contributed by atoms with Gasteiger partial charge in [0.25, 0.3) is 0 Å². The molecule has 2 fully saturated rings. The van der Waals surface area contributed by atoms with Crippen LogP contribution in [-0.4, -0.2) is 30.4 Å². The van der Waals surface area contributed by atoms with Crippen molar-refractivity contribution in [2.24, 2.45) is 11.3 Å². The Morgan fingerprint density at radius 1 is 1.18 bits per heavy atom. The van der Waals surface area contributed by atoms with Crippen LogP contribution in [0.25, 0.3) is 0 Å². The molecule has 4 rings (SSSR count). The lowest BCUT2D eigenvalue weighted by molar-refractivity contribution is -0.125. The molecule has 3 nitrogen and oxygen atoms in total. The number of amides is 1. The second kappa shape index (κ2) is 5.69. The van der Waals surface area contributed by atoms with Crippen LogP contribution in [0.1, 0.15) is 44.1 Å². The minimum Gasteiger partial charge on any atom is -0.325 e. The minimum absolute atomic E-state index is 0.178. The molecule has 1 spiro atoms. The summed E-state index contributed by atoms with van der Waals surface area (Å²) >= 11 is 0. The van der Waals surface area contributed by atoms with Crippen molar-refractivity contribution in [3.63, 3.8) is 0 Å². The summed E-state index contributed by atoms with van der Waals surface area (Å²) in [5, 5.41) is 3.15.